The molecule has 3 nitrogen and oxygen atoms in total. The number of nitrogen functional groups attached to an aromatic ring is 1. The molecule has 5 N–H and O–H groups in total. The monoisotopic (exact) mass is 195 g/mol. The smallest absolute Gasteiger partial charge is 0.168 e. The summed E-state index contributed by atoms with van der Waals surface area (Å²) in [5.74, 6) is 0. The van der Waals surface area contributed by atoms with Gasteiger partial charge < -0.3 is 16.8 Å². The van der Waals surface area contributed by atoms with Crippen molar-refractivity contribution in [2.75, 3.05) is 11.1 Å². The summed E-state index contributed by atoms with van der Waals surface area (Å²) in [5.41, 5.74) is 13.8. The minimum Gasteiger partial charge on any atom is -0.399 e. The van der Waals surface area contributed by atoms with Crippen molar-refractivity contribution in [3.8, 4) is 0 Å². The normalized spacial score (nSPS) is 9.62. The van der Waals surface area contributed by atoms with Crippen molar-refractivity contribution in [1.29, 1.82) is 0 Å². The number of nitrogens with one attached hydrogen (secondary N) is 1. The highest BCUT2D eigenvalue weighted by molar-refractivity contribution is 7.80. The predicted octanol–water partition coefficient (Wildman–Crippen LogP) is 1.49. The number of anilines is 2. The maximum absolute atomic E-state index is 5.64. The Hall–Kier alpha value is -1.29. The number of nitrogens with two attached hydrogens (primary N) is 2. The molecule has 1 rings (SSSR count). The van der Waals surface area contributed by atoms with Gasteiger partial charge in [0, 0.05) is 11.4 Å². The molecule has 0 saturated heterocycles. The van der Waals surface area contributed by atoms with E-state index in [-0.39, 0.29) is 5.11 Å². The van der Waals surface area contributed by atoms with Crippen LogP contribution in [-0.4, -0.2) is 5.11 Å². The molecule has 0 saturated carbocycles. The van der Waals surface area contributed by atoms with E-state index in [4.69, 9.17) is 23.7 Å². The second-order valence-electron chi connectivity index (χ2n) is 2.76. The van der Waals surface area contributed by atoms with Gasteiger partial charge in [-0.15, -0.1) is 0 Å². The van der Waals surface area contributed by atoms with Crippen molar-refractivity contribution in [2.45, 2.75) is 13.3 Å². The molecule has 1 aromatic carbocycles. The van der Waals surface area contributed by atoms with E-state index >= 15 is 0 Å². The summed E-state index contributed by atoms with van der Waals surface area (Å²) in [5, 5.41) is 3.18. The molecule has 1 aromatic rings. The number of hydrogen-bond acceptors (Lipinski definition) is 2. The average molecular weight is 195 g/mol. The maximum atomic E-state index is 5.64. The molecule has 0 aliphatic rings. The first-order chi connectivity index (χ1) is 6.13. The molecule has 0 unspecified atom stereocenters. The minimum absolute atomic E-state index is 0.277. The Bertz CT molecular complexity index is 323. The summed E-state index contributed by atoms with van der Waals surface area (Å²) in [6, 6.07) is 5.62. The summed E-state index contributed by atoms with van der Waals surface area (Å²) >= 11 is 4.75. The van der Waals surface area contributed by atoms with E-state index in [1.807, 2.05) is 18.2 Å². The highest BCUT2D eigenvalue weighted by Crippen LogP contribution is 2.18. The highest BCUT2D eigenvalue weighted by Gasteiger charge is 2.00. The summed E-state index contributed by atoms with van der Waals surface area (Å²) in [4.78, 5) is 0. The molecular formula is C9H13N3S. The third kappa shape index (κ3) is 2.59. The summed E-state index contributed by atoms with van der Waals surface area (Å²) in [6.45, 7) is 2.06. The quantitative estimate of drug-likeness (QED) is 0.494. The van der Waals surface area contributed by atoms with E-state index < -0.39 is 0 Å². The van der Waals surface area contributed by atoms with Crippen molar-refractivity contribution in [3.63, 3.8) is 0 Å². The Balaban J connectivity index is 2.99. The molecule has 0 fully saturated rings. The van der Waals surface area contributed by atoms with Crippen LogP contribution >= 0.6 is 12.2 Å². The molecular weight excluding hydrogens is 182 g/mol. The number of aryl methyl sites for hydroxylation is 1. The van der Waals surface area contributed by atoms with Crippen molar-refractivity contribution in [1.82, 2.24) is 0 Å². The van der Waals surface area contributed by atoms with E-state index in [0.717, 1.165) is 23.4 Å². The lowest BCUT2D eigenvalue weighted by atomic mass is 10.1. The van der Waals surface area contributed by atoms with Gasteiger partial charge in [0.25, 0.3) is 0 Å². The zero-order valence-corrected chi connectivity index (χ0v) is 8.32. The van der Waals surface area contributed by atoms with Crippen molar-refractivity contribution in [2.24, 2.45) is 5.73 Å². The van der Waals surface area contributed by atoms with Crippen LogP contribution in [0.4, 0.5) is 11.4 Å². The Morgan fingerprint density at radius 2 is 2.23 bits per heavy atom. The van der Waals surface area contributed by atoms with Gasteiger partial charge >= 0.3 is 0 Å². The number of rotatable bonds is 2. The van der Waals surface area contributed by atoms with E-state index in [0.29, 0.717) is 0 Å². The highest BCUT2D eigenvalue weighted by atomic mass is 32.1. The molecule has 70 valence electrons. The van der Waals surface area contributed by atoms with E-state index in [1.54, 1.807) is 0 Å². The largest absolute Gasteiger partial charge is 0.399 e. The van der Waals surface area contributed by atoms with Gasteiger partial charge in [0.1, 0.15) is 0 Å². The van der Waals surface area contributed by atoms with Gasteiger partial charge in [-0.1, -0.05) is 6.92 Å². The van der Waals surface area contributed by atoms with E-state index in [9.17, 15) is 0 Å². The molecule has 4 heteroatoms. The lowest BCUT2D eigenvalue weighted by molar-refractivity contribution is 1.14. The standard InChI is InChI=1S/C9H13N3S/c1-2-6-5-7(10)3-4-8(6)12-9(11)13/h3-5H,2,10H2,1H3,(H3,11,12,13). The Labute approximate surface area is 83.1 Å². The van der Waals surface area contributed by atoms with Gasteiger partial charge in [0.05, 0.1) is 0 Å². The number of hydrogen-bond donors (Lipinski definition) is 3. The van der Waals surface area contributed by atoms with Crippen LogP contribution in [0.5, 0.6) is 0 Å². The molecule has 0 aromatic heterocycles. The van der Waals surface area contributed by atoms with Crippen molar-refractivity contribution in [3.05, 3.63) is 23.8 Å². The fraction of sp³-hybridized carbons (Fsp3) is 0.222. The first-order valence-corrected chi connectivity index (χ1v) is 4.49. The topological polar surface area (TPSA) is 64.1 Å². The van der Waals surface area contributed by atoms with Gasteiger partial charge in [-0.3, -0.25) is 0 Å². The molecule has 0 aliphatic carbocycles. The van der Waals surface area contributed by atoms with Crippen LogP contribution in [0, 0.1) is 0 Å². The van der Waals surface area contributed by atoms with Gasteiger partial charge in [-0.05, 0) is 42.4 Å². The Kier molecular flexibility index (Phi) is 3.08. The molecule has 13 heavy (non-hydrogen) atoms. The van der Waals surface area contributed by atoms with Crippen LogP contribution in [0.15, 0.2) is 18.2 Å². The molecule has 0 heterocycles. The summed E-state index contributed by atoms with van der Waals surface area (Å²) < 4.78 is 0. The Morgan fingerprint density at radius 1 is 1.54 bits per heavy atom. The van der Waals surface area contributed by atoms with Gasteiger partial charge in [-0.2, -0.15) is 0 Å². The first-order valence-electron chi connectivity index (χ1n) is 4.08. The zero-order chi connectivity index (χ0) is 9.84. The number of thiocarbonyl (C=S) groups is 1. The SMILES string of the molecule is CCc1cc(N)ccc1NC(N)=S. The predicted molar refractivity (Wildman–Crippen MR) is 60.6 cm³/mol. The second-order valence-corrected chi connectivity index (χ2v) is 3.20. The van der Waals surface area contributed by atoms with E-state index in [1.165, 1.54) is 0 Å². The van der Waals surface area contributed by atoms with Crippen LogP contribution in [0.25, 0.3) is 0 Å². The Morgan fingerprint density at radius 3 is 2.77 bits per heavy atom. The van der Waals surface area contributed by atoms with Crippen LogP contribution in [0.3, 0.4) is 0 Å². The van der Waals surface area contributed by atoms with Crippen molar-refractivity contribution >= 4 is 28.7 Å². The first kappa shape index (κ1) is 9.80. The third-order valence-electron chi connectivity index (χ3n) is 1.77. The van der Waals surface area contributed by atoms with Gasteiger partial charge in [-0.25, -0.2) is 0 Å². The van der Waals surface area contributed by atoms with Crippen LogP contribution in [-0.2, 0) is 6.42 Å². The molecule has 0 radical (unpaired) electrons. The third-order valence-corrected chi connectivity index (χ3v) is 1.87. The lowest BCUT2D eigenvalue weighted by Gasteiger charge is -2.09. The average Bonchev–Trinajstić information content (AvgIpc) is 2.07. The molecule has 0 aliphatic heterocycles. The van der Waals surface area contributed by atoms with Gasteiger partial charge in [0.15, 0.2) is 5.11 Å². The van der Waals surface area contributed by atoms with Crippen LogP contribution < -0.4 is 16.8 Å². The summed E-state index contributed by atoms with van der Waals surface area (Å²) in [6.07, 6.45) is 0.899. The molecule has 0 bridgehead atoms. The zero-order valence-electron chi connectivity index (χ0n) is 7.50. The van der Waals surface area contributed by atoms with E-state index in [2.05, 4.69) is 12.2 Å². The number of benzene rings is 1. The molecule has 0 amide bonds. The second kappa shape index (κ2) is 4.09. The minimum atomic E-state index is 0.277. The van der Waals surface area contributed by atoms with Crippen molar-refractivity contribution < 1.29 is 0 Å². The van der Waals surface area contributed by atoms with Crippen LogP contribution in [0.1, 0.15) is 12.5 Å². The van der Waals surface area contributed by atoms with Crippen LogP contribution in [0.2, 0.25) is 0 Å². The molecule has 0 spiro atoms. The molecule has 0 atom stereocenters. The maximum Gasteiger partial charge on any atom is 0.168 e. The van der Waals surface area contributed by atoms with Gasteiger partial charge in [0.2, 0.25) is 0 Å². The lowest BCUT2D eigenvalue weighted by Crippen LogP contribution is -2.19. The summed E-state index contributed by atoms with van der Waals surface area (Å²) in [7, 11) is 0. The fourth-order valence-electron chi connectivity index (χ4n) is 1.16. The fourth-order valence-corrected chi connectivity index (χ4v) is 1.27.